The average Bonchev–Trinajstić information content (AvgIpc) is 2.50. The number of nitrogens with one attached hydrogen (secondary N) is 3. The van der Waals surface area contributed by atoms with E-state index in [1.165, 1.54) is 0 Å². The molecule has 0 aliphatic carbocycles. The molecule has 0 saturated heterocycles. The van der Waals surface area contributed by atoms with Gasteiger partial charge in [-0.3, -0.25) is 20.4 Å². The highest BCUT2D eigenvalue weighted by atomic mass is 32.1. The zero-order valence-electron chi connectivity index (χ0n) is 14.6. The fourth-order valence-corrected chi connectivity index (χ4v) is 2.19. The molecule has 1 aromatic rings. The van der Waals surface area contributed by atoms with Crippen molar-refractivity contribution in [3.63, 3.8) is 0 Å². The molecule has 0 radical (unpaired) electrons. The van der Waals surface area contributed by atoms with E-state index in [1.54, 1.807) is 24.3 Å². The molecule has 0 bridgehead atoms. The molecule has 0 aromatic heterocycles. The first-order valence-corrected chi connectivity index (χ1v) is 8.25. The number of rotatable bonds is 6. The van der Waals surface area contributed by atoms with Gasteiger partial charge in [0, 0.05) is 23.9 Å². The Hall–Kier alpha value is -2.15. The van der Waals surface area contributed by atoms with E-state index >= 15 is 0 Å². The van der Waals surface area contributed by atoms with Crippen LogP contribution in [-0.2, 0) is 4.79 Å². The van der Waals surface area contributed by atoms with Crippen molar-refractivity contribution in [2.75, 3.05) is 6.61 Å². The zero-order chi connectivity index (χ0) is 18.2. The van der Waals surface area contributed by atoms with E-state index in [2.05, 4.69) is 16.2 Å². The number of ether oxygens (including phenoxy) is 1. The first kappa shape index (κ1) is 19.9. The molecule has 7 heteroatoms. The number of thiocarbonyl (C=S) groups is 1. The third-order valence-electron chi connectivity index (χ3n) is 2.87. The third kappa shape index (κ3) is 7.92. The van der Waals surface area contributed by atoms with Crippen LogP contribution in [0.5, 0.6) is 5.75 Å². The summed E-state index contributed by atoms with van der Waals surface area (Å²) in [6.07, 6.45) is 0.206. The van der Waals surface area contributed by atoms with Gasteiger partial charge in [-0.25, -0.2) is 0 Å². The molecule has 0 unspecified atom stereocenters. The van der Waals surface area contributed by atoms with Crippen molar-refractivity contribution in [2.24, 2.45) is 0 Å². The second-order valence-electron chi connectivity index (χ2n) is 6.26. The van der Waals surface area contributed by atoms with E-state index in [0.717, 1.165) is 5.75 Å². The highest BCUT2D eigenvalue weighted by Crippen LogP contribution is 2.13. The molecule has 0 spiro atoms. The van der Waals surface area contributed by atoms with E-state index in [-0.39, 0.29) is 30.1 Å². The molecule has 1 rings (SSSR count). The number of hydrazine groups is 1. The van der Waals surface area contributed by atoms with Gasteiger partial charge in [0.25, 0.3) is 0 Å². The topological polar surface area (TPSA) is 79.5 Å². The Bertz CT molecular complexity index is 580. The van der Waals surface area contributed by atoms with Crippen molar-refractivity contribution < 1.29 is 14.3 Å². The van der Waals surface area contributed by atoms with E-state index in [4.69, 9.17) is 17.0 Å². The van der Waals surface area contributed by atoms with Crippen molar-refractivity contribution in [1.82, 2.24) is 16.2 Å². The van der Waals surface area contributed by atoms with Crippen LogP contribution in [0.4, 0.5) is 0 Å². The quantitative estimate of drug-likeness (QED) is 0.415. The van der Waals surface area contributed by atoms with Crippen LogP contribution in [0, 0.1) is 0 Å². The van der Waals surface area contributed by atoms with Crippen LogP contribution in [-0.4, -0.2) is 28.9 Å². The number of ketones is 1. The van der Waals surface area contributed by atoms with Gasteiger partial charge < -0.3 is 10.1 Å². The smallest absolute Gasteiger partial charge is 0.238 e. The van der Waals surface area contributed by atoms with Crippen molar-refractivity contribution in [3.8, 4) is 5.75 Å². The fraction of sp³-hybridized carbons (Fsp3) is 0.471. The summed E-state index contributed by atoms with van der Waals surface area (Å²) in [5, 5.41) is 3.34. The largest absolute Gasteiger partial charge is 0.494 e. The van der Waals surface area contributed by atoms with Gasteiger partial charge in [-0.15, -0.1) is 0 Å². The summed E-state index contributed by atoms with van der Waals surface area (Å²) in [4.78, 5) is 23.8. The van der Waals surface area contributed by atoms with Crippen LogP contribution in [0.25, 0.3) is 0 Å². The van der Waals surface area contributed by atoms with Crippen LogP contribution in [0.2, 0.25) is 0 Å². The van der Waals surface area contributed by atoms with Crippen LogP contribution in [0.15, 0.2) is 24.3 Å². The molecule has 0 aliphatic heterocycles. The molecule has 24 heavy (non-hydrogen) atoms. The number of carbonyl (C=O) groups is 2. The van der Waals surface area contributed by atoms with E-state index in [9.17, 15) is 9.59 Å². The minimum atomic E-state index is -0.299. The maximum Gasteiger partial charge on any atom is 0.238 e. The number of amides is 1. The van der Waals surface area contributed by atoms with Crippen molar-refractivity contribution >= 4 is 29.0 Å². The lowest BCUT2D eigenvalue weighted by molar-refractivity contribution is -0.121. The summed E-state index contributed by atoms with van der Waals surface area (Å²) in [7, 11) is 0. The first-order valence-electron chi connectivity index (χ1n) is 7.84. The van der Waals surface area contributed by atoms with Gasteiger partial charge in [0.1, 0.15) is 5.75 Å². The van der Waals surface area contributed by atoms with E-state index in [1.807, 2.05) is 27.7 Å². The predicted octanol–water partition coefficient (Wildman–Crippen LogP) is 2.34. The van der Waals surface area contributed by atoms with Crippen LogP contribution in [0.1, 0.15) is 50.9 Å². The molecular formula is C17H25N3O3S. The molecule has 0 saturated carbocycles. The first-order chi connectivity index (χ1) is 11.2. The molecule has 0 fully saturated rings. The van der Waals surface area contributed by atoms with Gasteiger partial charge in [-0.05, 0) is 64.2 Å². The fourth-order valence-electron chi connectivity index (χ4n) is 1.84. The van der Waals surface area contributed by atoms with Crippen LogP contribution in [0.3, 0.4) is 0 Å². The Balaban J connectivity index is 2.35. The summed E-state index contributed by atoms with van der Waals surface area (Å²) in [6.45, 7) is 8.34. The van der Waals surface area contributed by atoms with Gasteiger partial charge in [0.2, 0.25) is 5.91 Å². The lowest BCUT2D eigenvalue weighted by atomic mass is 10.1. The normalized spacial score (nSPS) is 10.7. The second-order valence-corrected chi connectivity index (χ2v) is 6.67. The lowest BCUT2D eigenvalue weighted by Gasteiger charge is -2.23. The predicted molar refractivity (Wildman–Crippen MR) is 97.9 cm³/mol. The molecule has 1 aromatic carbocycles. The summed E-state index contributed by atoms with van der Waals surface area (Å²) in [5.41, 5.74) is 5.45. The maximum atomic E-state index is 12.1. The lowest BCUT2D eigenvalue weighted by Crippen LogP contribution is -2.52. The highest BCUT2D eigenvalue weighted by molar-refractivity contribution is 7.80. The minimum Gasteiger partial charge on any atom is -0.494 e. The maximum absolute atomic E-state index is 12.1. The summed E-state index contributed by atoms with van der Waals surface area (Å²) < 4.78 is 5.33. The number of carbonyl (C=O) groups excluding carboxylic acids is 2. The van der Waals surface area contributed by atoms with Gasteiger partial charge in [0.05, 0.1) is 6.61 Å². The van der Waals surface area contributed by atoms with Crippen molar-refractivity contribution in [3.05, 3.63) is 29.8 Å². The van der Waals surface area contributed by atoms with E-state index in [0.29, 0.717) is 17.3 Å². The Morgan fingerprint density at radius 2 is 1.71 bits per heavy atom. The zero-order valence-corrected chi connectivity index (χ0v) is 15.4. The molecular weight excluding hydrogens is 326 g/mol. The second kappa shape index (κ2) is 9.22. The number of benzene rings is 1. The Kier molecular flexibility index (Phi) is 7.64. The molecule has 0 aliphatic rings. The average molecular weight is 351 g/mol. The third-order valence-corrected chi connectivity index (χ3v) is 3.07. The minimum absolute atomic E-state index is 0.0805. The van der Waals surface area contributed by atoms with Crippen molar-refractivity contribution in [1.29, 1.82) is 0 Å². The van der Waals surface area contributed by atoms with Gasteiger partial charge in [-0.2, -0.15) is 0 Å². The number of hydrogen-bond acceptors (Lipinski definition) is 4. The van der Waals surface area contributed by atoms with Gasteiger partial charge in [-0.1, -0.05) is 0 Å². The molecule has 6 nitrogen and oxygen atoms in total. The Morgan fingerprint density at radius 1 is 1.08 bits per heavy atom. The highest BCUT2D eigenvalue weighted by Gasteiger charge is 2.12. The molecule has 1 amide bonds. The van der Waals surface area contributed by atoms with Gasteiger partial charge in [0.15, 0.2) is 10.9 Å². The standard InChI is InChI=1S/C17H25N3O3S/c1-5-23-13-8-6-12(7-9-13)14(21)10-11-15(22)19-20-16(24)18-17(2,3)4/h6-9H,5,10-11H2,1-4H3,(H,19,22)(H2,18,20,24). The number of Topliss-reactive ketones (excluding diaryl/α,β-unsaturated/α-hetero) is 1. The SMILES string of the molecule is CCOc1ccc(C(=O)CCC(=O)NNC(=S)NC(C)(C)C)cc1. The van der Waals surface area contributed by atoms with E-state index < -0.39 is 0 Å². The summed E-state index contributed by atoms with van der Waals surface area (Å²) in [6, 6.07) is 6.89. The molecule has 0 atom stereocenters. The molecule has 3 N–H and O–H groups in total. The number of hydrogen-bond donors (Lipinski definition) is 3. The van der Waals surface area contributed by atoms with Gasteiger partial charge >= 0.3 is 0 Å². The van der Waals surface area contributed by atoms with Crippen LogP contribution >= 0.6 is 12.2 Å². The Labute approximate surface area is 148 Å². The molecule has 0 heterocycles. The molecule has 132 valence electrons. The Morgan fingerprint density at radius 3 is 2.25 bits per heavy atom. The summed E-state index contributed by atoms with van der Waals surface area (Å²) in [5.74, 6) is 0.326. The summed E-state index contributed by atoms with van der Waals surface area (Å²) >= 11 is 5.05. The van der Waals surface area contributed by atoms with Crippen LogP contribution < -0.4 is 20.9 Å². The monoisotopic (exact) mass is 351 g/mol. The van der Waals surface area contributed by atoms with Crippen molar-refractivity contribution in [2.45, 2.75) is 46.1 Å².